The Balaban J connectivity index is 1.61. The largest absolute Gasteiger partial charge is 0.588 e. The highest BCUT2D eigenvalue weighted by atomic mass is 31.2. The fourth-order valence-electron chi connectivity index (χ4n) is 3.00. The van der Waals surface area contributed by atoms with Crippen LogP contribution in [-0.4, -0.2) is 0 Å². The van der Waals surface area contributed by atoms with Gasteiger partial charge in [-0.15, -0.1) is 0 Å². The summed E-state index contributed by atoms with van der Waals surface area (Å²) in [6, 6.07) is 31.8. The molecule has 0 fully saturated rings. The molecular formula is C24H21O4P. The van der Waals surface area contributed by atoms with Crippen LogP contribution < -0.4 is 9.05 Å². The fraction of sp³-hybridized carbons (Fsp3) is 0.0833. The predicted octanol–water partition coefficient (Wildman–Crippen LogP) is 7.18. The van der Waals surface area contributed by atoms with Crippen LogP contribution in [0, 0.1) is 0 Å². The summed E-state index contributed by atoms with van der Waals surface area (Å²) < 4.78 is 30.8. The molecule has 0 aliphatic heterocycles. The van der Waals surface area contributed by atoms with Crippen LogP contribution in [0.15, 0.2) is 103 Å². The summed E-state index contributed by atoms with van der Waals surface area (Å²) in [7, 11) is -3.95. The molecule has 29 heavy (non-hydrogen) atoms. The smallest absolute Gasteiger partial charge is 0.395 e. The lowest BCUT2D eigenvalue weighted by molar-refractivity contribution is 0.156. The number of hydrogen-bond donors (Lipinski definition) is 0. The van der Waals surface area contributed by atoms with Gasteiger partial charge in [0.05, 0.1) is 6.10 Å². The summed E-state index contributed by atoms with van der Waals surface area (Å²) >= 11 is 0. The topological polar surface area (TPSA) is 44.8 Å². The molecule has 4 aromatic rings. The normalized spacial score (nSPS) is 12.4. The molecule has 4 nitrogen and oxygen atoms in total. The number of phosphoric acid groups is 1. The number of fused-ring (bicyclic) bond motifs is 1. The zero-order valence-corrected chi connectivity index (χ0v) is 16.9. The summed E-state index contributed by atoms with van der Waals surface area (Å²) in [6.07, 6.45) is -0.502. The highest BCUT2D eigenvalue weighted by molar-refractivity contribution is 7.49. The molecule has 0 aromatic heterocycles. The van der Waals surface area contributed by atoms with Crippen LogP contribution in [0.5, 0.6) is 11.5 Å². The van der Waals surface area contributed by atoms with E-state index >= 15 is 0 Å². The van der Waals surface area contributed by atoms with Gasteiger partial charge in [0.1, 0.15) is 11.5 Å². The molecule has 0 saturated heterocycles. The summed E-state index contributed by atoms with van der Waals surface area (Å²) in [5.74, 6) is 0.829. The maximum atomic E-state index is 13.5. The predicted molar refractivity (Wildman–Crippen MR) is 115 cm³/mol. The minimum atomic E-state index is -3.95. The van der Waals surface area contributed by atoms with Crippen molar-refractivity contribution in [3.8, 4) is 11.5 Å². The van der Waals surface area contributed by atoms with E-state index in [0.717, 1.165) is 16.3 Å². The van der Waals surface area contributed by atoms with Gasteiger partial charge in [-0.2, -0.15) is 0 Å². The third-order valence-electron chi connectivity index (χ3n) is 4.45. The molecule has 0 N–H and O–H groups in total. The highest BCUT2D eigenvalue weighted by Gasteiger charge is 2.34. The van der Waals surface area contributed by atoms with Crippen molar-refractivity contribution in [3.63, 3.8) is 0 Å². The molecule has 0 aliphatic rings. The van der Waals surface area contributed by atoms with Crippen molar-refractivity contribution < 1.29 is 18.1 Å². The van der Waals surface area contributed by atoms with Gasteiger partial charge in [-0.05, 0) is 53.6 Å². The van der Waals surface area contributed by atoms with Gasteiger partial charge in [0.2, 0.25) is 0 Å². The third-order valence-corrected chi connectivity index (χ3v) is 5.89. The van der Waals surface area contributed by atoms with Crippen molar-refractivity contribution in [3.05, 3.63) is 109 Å². The van der Waals surface area contributed by atoms with Crippen molar-refractivity contribution in [1.82, 2.24) is 0 Å². The van der Waals surface area contributed by atoms with Crippen LogP contribution in [0.4, 0.5) is 0 Å². The molecule has 0 aliphatic carbocycles. The van der Waals surface area contributed by atoms with E-state index in [1.807, 2.05) is 61.5 Å². The van der Waals surface area contributed by atoms with Crippen LogP contribution in [0.2, 0.25) is 0 Å². The Labute approximate surface area is 170 Å². The van der Waals surface area contributed by atoms with Gasteiger partial charge in [0.25, 0.3) is 0 Å². The molecule has 0 heterocycles. The maximum Gasteiger partial charge on any atom is 0.588 e. The number of rotatable bonds is 7. The number of para-hydroxylation sites is 2. The zero-order chi connectivity index (χ0) is 20.1. The first kappa shape index (κ1) is 19.3. The molecule has 0 radical (unpaired) electrons. The Morgan fingerprint density at radius 2 is 1.17 bits per heavy atom. The lowest BCUT2D eigenvalue weighted by Crippen LogP contribution is -2.08. The molecular weight excluding hydrogens is 383 g/mol. The second-order valence-electron chi connectivity index (χ2n) is 6.61. The first-order valence-electron chi connectivity index (χ1n) is 9.38. The van der Waals surface area contributed by atoms with Gasteiger partial charge in [-0.3, -0.25) is 4.52 Å². The second kappa shape index (κ2) is 8.52. The van der Waals surface area contributed by atoms with E-state index in [0.29, 0.717) is 11.5 Å². The molecule has 4 rings (SSSR count). The Bertz CT molecular complexity index is 1080. The molecule has 0 spiro atoms. The van der Waals surface area contributed by atoms with Gasteiger partial charge < -0.3 is 9.05 Å². The summed E-state index contributed by atoms with van der Waals surface area (Å²) in [5.41, 5.74) is 0.886. The first-order valence-corrected chi connectivity index (χ1v) is 10.8. The molecule has 0 amide bonds. The first-order chi connectivity index (χ1) is 14.1. The van der Waals surface area contributed by atoms with Crippen LogP contribution in [0.1, 0.15) is 18.6 Å². The van der Waals surface area contributed by atoms with Crippen LogP contribution in [0.3, 0.4) is 0 Å². The van der Waals surface area contributed by atoms with Crippen molar-refractivity contribution >= 4 is 18.6 Å². The van der Waals surface area contributed by atoms with Gasteiger partial charge >= 0.3 is 7.82 Å². The molecule has 146 valence electrons. The monoisotopic (exact) mass is 404 g/mol. The quantitative estimate of drug-likeness (QED) is 0.306. The molecule has 5 heteroatoms. The second-order valence-corrected chi connectivity index (χ2v) is 8.08. The molecule has 1 atom stereocenters. The zero-order valence-electron chi connectivity index (χ0n) is 16.0. The van der Waals surface area contributed by atoms with Gasteiger partial charge in [0.15, 0.2) is 0 Å². The average Bonchev–Trinajstić information content (AvgIpc) is 2.74. The molecule has 4 aromatic carbocycles. The number of phosphoric ester groups is 1. The lowest BCUT2D eigenvalue weighted by atomic mass is 10.0. The van der Waals surface area contributed by atoms with E-state index in [1.165, 1.54) is 0 Å². The average molecular weight is 404 g/mol. The van der Waals surface area contributed by atoms with E-state index in [4.69, 9.17) is 13.6 Å². The highest BCUT2D eigenvalue weighted by Crippen LogP contribution is 2.52. The Kier molecular flexibility index (Phi) is 5.66. The fourth-order valence-corrected chi connectivity index (χ4v) is 4.39. The third kappa shape index (κ3) is 4.86. The van der Waals surface area contributed by atoms with Gasteiger partial charge in [0, 0.05) is 0 Å². The van der Waals surface area contributed by atoms with Crippen molar-refractivity contribution in [2.75, 3.05) is 0 Å². The Hall–Kier alpha value is -3.07. The van der Waals surface area contributed by atoms with Gasteiger partial charge in [-0.1, -0.05) is 72.8 Å². The SMILES string of the molecule is CC(OP(=O)(Oc1ccccc1)Oc1ccccc1)c1ccc2ccccc2c1. The Morgan fingerprint density at radius 1 is 0.655 bits per heavy atom. The van der Waals surface area contributed by atoms with Crippen molar-refractivity contribution in [2.24, 2.45) is 0 Å². The number of benzene rings is 4. The lowest BCUT2D eigenvalue weighted by Gasteiger charge is -2.22. The molecule has 0 bridgehead atoms. The van der Waals surface area contributed by atoms with E-state index in [2.05, 4.69) is 0 Å². The van der Waals surface area contributed by atoms with E-state index < -0.39 is 13.9 Å². The van der Waals surface area contributed by atoms with Crippen molar-refractivity contribution in [1.29, 1.82) is 0 Å². The minimum Gasteiger partial charge on any atom is -0.395 e. The molecule has 1 unspecified atom stereocenters. The maximum absolute atomic E-state index is 13.5. The summed E-state index contributed by atoms with van der Waals surface area (Å²) in [5, 5.41) is 2.22. The van der Waals surface area contributed by atoms with Gasteiger partial charge in [-0.25, -0.2) is 4.57 Å². The summed E-state index contributed by atoms with van der Waals surface area (Å²) in [6.45, 7) is 1.83. The van der Waals surface area contributed by atoms with Crippen LogP contribution >= 0.6 is 7.82 Å². The Morgan fingerprint density at radius 3 is 1.76 bits per heavy atom. The van der Waals surface area contributed by atoms with Crippen LogP contribution in [-0.2, 0) is 9.09 Å². The van der Waals surface area contributed by atoms with E-state index in [1.54, 1.807) is 48.5 Å². The molecule has 0 saturated carbocycles. The standard InChI is InChI=1S/C24H21O4P/c1-19(21-17-16-20-10-8-9-11-22(20)18-21)26-29(25,27-23-12-4-2-5-13-23)28-24-14-6-3-7-15-24/h2-19H,1H3. The minimum absolute atomic E-state index is 0.414. The summed E-state index contributed by atoms with van der Waals surface area (Å²) in [4.78, 5) is 0. The number of hydrogen-bond acceptors (Lipinski definition) is 4. The van der Waals surface area contributed by atoms with Crippen molar-refractivity contribution in [2.45, 2.75) is 13.0 Å². The van der Waals surface area contributed by atoms with E-state index in [-0.39, 0.29) is 0 Å². The van der Waals surface area contributed by atoms with Crippen LogP contribution in [0.25, 0.3) is 10.8 Å². The van der Waals surface area contributed by atoms with E-state index in [9.17, 15) is 4.57 Å².